The molecule has 6 nitrogen and oxygen atoms in total. The zero-order valence-electron chi connectivity index (χ0n) is 9.75. The average molecular weight is 248 g/mol. The first-order chi connectivity index (χ1) is 8.41. The SMILES string of the molecule is CC(=O)c1ccc(C=CCC(N)=O)c([N+](=O)[O-])c1. The minimum atomic E-state index is -0.573. The van der Waals surface area contributed by atoms with Crippen LogP contribution in [0.2, 0.25) is 0 Å². The predicted molar refractivity (Wildman–Crippen MR) is 65.9 cm³/mol. The molecule has 0 saturated heterocycles. The summed E-state index contributed by atoms with van der Waals surface area (Å²) in [5, 5.41) is 10.9. The minimum Gasteiger partial charge on any atom is -0.369 e. The summed E-state index contributed by atoms with van der Waals surface area (Å²) in [6.07, 6.45) is 2.89. The van der Waals surface area contributed by atoms with Gasteiger partial charge >= 0.3 is 0 Å². The van der Waals surface area contributed by atoms with Crippen molar-refractivity contribution in [1.82, 2.24) is 0 Å². The lowest BCUT2D eigenvalue weighted by Crippen LogP contribution is -2.07. The number of primary amides is 1. The second-order valence-corrected chi connectivity index (χ2v) is 3.66. The number of rotatable bonds is 5. The fourth-order valence-corrected chi connectivity index (χ4v) is 1.36. The van der Waals surface area contributed by atoms with Gasteiger partial charge in [-0.15, -0.1) is 0 Å². The molecule has 6 heteroatoms. The van der Waals surface area contributed by atoms with Crippen LogP contribution in [0.4, 0.5) is 5.69 Å². The second-order valence-electron chi connectivity index (χ2n) is 3.66. The molecular formula is C12H12N2O4. The summed E-state index contributed by atoms with van der Waals surface area (Å²) in [4.78, 5) is 32.0. The molecule has 94 valence electrons. The van der Waals surface area contributed by atoms with Crippen LogP contribution in [0.1, 0.15) is 29.3 Å². The Morgan fingerprint density at radius 1 is 1.44 bits per heavy atom. The number of Topliss-reactive ketones (excluding diaryl/α,β-unsaturated/α-hetero) is 1. The highest BCUT2D eigenvalue weighted by molar-refractivity contribution is 5.95. The van der Waals surface area contributed by atoms with Crippen molar-refractivity contribution in [2.75, 3.05) is 0 Å². The number of hydrogen-bond donors (Lipinski definition) is 1. The second kappa shape index (κ2) is 5.72. The summed E-state index contributed by atoms with van der Waals surface area (Å²) < 4.78 is 0. The Labute approximate surface area is 103 Å². The quantitative estimate of drug-likeness (QED) is 0.486. The highest BCUT2D eigenvalue weighted by Gasteiger charge is 2.14. The molecule has 1 rings (SSSR count). The van der Waals surface area contributed by atoms with Crippen LogP contribution in [0.3, 0.4) is 0 Å². The number of ketones is 1. The van der Waals surface area contributed by atoms with Crippen LogP contribution in [0.15, 0.2) is 24.3 Å². The normalized spacial score (nSPS) is 10.5. The lowest BCUT2D eigenvalue weighted by atomic mass is 10.1. The Hall–Kier alpha value is -2.50. The molecule has 1 aromatic carbocycles. The van der Waals surface area contributed by atoms with Gasteiger partial charge in [-0.3, -0.25) is 19.7 Å². The summed E-state index contributed by atoms with van der Waals surface area (Å²) in [7, 11) is 0. The standard InChI is InChI=1S/C12H12N2O4/c1-8(15)10-6-5-9(3-2-4-12(13)16)11(7-10)14(17)18/h2-3,5-7H,4H2,1H3,(H2,13,16). The Balaban J connectivity index is 3.12. The molecule has 1 aromatic rings. The van der Waals surface area contributed by atoms with Gasteiger partial charge in [-0.25, -0.2) is 0 Å². The van der Waals surface area contributed by atoms with Gasteiger partial charge in [-0.05, 0) is 13.0 Å². The predicted octanol–water partition coefficient (Wildman–Crippen LogP) is 1.69. The maximum Gasteiger partial charge on any atom is 0.277 e. The molecule has 0 unspecified atom stereocenters. The van der Waals surface area contributed by atoms with E-state index in [0.29, 0.717) is 5.56 Å². The number of nitro benzene ring substituents is 1. The van der Waals surface area contributed by atoms with E-state index >= 15 is 0 Å². The highest BCUT2D eigenvalue weighted by Crippen LogP contribution is 2.22. The van der Waals surface area contributed by atoms with E-state index in [2.05, 4.69) is 0 Å². The molecule has 0 aliphatic heterocycles. The first kappa shape index (κ1) is 13.6. The van der Waals surface area contributed by atoms with Crippen LogP contribution in [-0.2, 0) is 4.79 Å². The van der Waals surface area contributed by atoms with Crippen LogP contribution in [0.25, 0.3) is 6.08 Å². The number of carbonyl (C=O) groups is 2. The number of amides is 1. The van der Waals surface area contributed by atoms with Crippen LogP contribution in [-0.4, -0.2) is 16.6 Å². The molecule has 0 fully saturated rings. The third-order valence-corrected chi connectivity index (χ3v) is 2.25. The van der Waals surface area contributed by atoms with E-state index in [9.17, 15) is 19.7 Å². The van der Waals surface area contributed by atoms with Crippen molar-refractivity contribution >= 4 is 23.5 Å². The third kappa shape index (κ3) is 3.51. The first-order valence-electron chi connectivity index (χ1n) is 5.16. The maximum atomic E-state index is 11.1. The van der Waals surface area contributed by atoms with Gasteiger partial charge in [0.2, 0.25) is 5.91 Å². The molecular weight excluding hydrogens is 236 g/mol. The topological polar surface area (TPSA) is 103 Å². The number of carbonyl (C=O) groups excluding carboxylic acids is 2. The Kier molecular flexibility index (Phi) is 4.31. The van der Waals surface area contributed by atoms with Crippen molar-refractivity contribution in [3.05, 3.63) is 45.5 Å². The van der Waals surface area contributed by atoms with E-state index < -0.39 is 10.8 Å². The van der Waals surface area contributed by atoms with Crippen LogP contribution < -0.4 is 5.73 Å². The molecule has 0 heterocycles. The van der Waals surface area contributed by atoms with E-state index in [-0.39, 0.29) is 23.5 Å². The summed E-state index contributed by atoms with van der Waals surface area (Å²) in [6, 6.07) is 4.18. The van der Waals surface area contributed by atoms with Gasteiger partial charge in [0.25, 0.3) is 5.69 Å². The number of nitrogens with two attached hydrogens (primary N) is 1. The largest absolute Gasteiger partial charge is 0.369 e. The van der Waals surface area contributed by atoms with Gasteiger partial charge in [-0.2, -0.15) is 0 Å². The zero-order chi connectivity index (χ0) is 13.7. The van der Waals surface area contributed by atoms with Crippen LogP contribution in [0.5, 0.6) is 0 Å². The molecule has 1 amide bonds. The summed E-state index contributed by atoms with van der Waals surface area (Å²) in [5.74, 6) is -0.764. The van der Waals surface area contributed by atoms with Crippen LogP contribution in [0, 0.1) is 10.1 Å². The van der Waals surface area contributed by atoms with Crippen molar-refractivity contribution in [2.24, 2.45) is 5.73 Å². The Morgan fingerprint density at radius 3 is 2.61 bits per heavy atom. The van der Waals surface area contributed by atoms with Gasteiger partial charge in [-0.1, -0.05) is 18.2 Å². The average Bonchev–Trinajstić information content (AvgIpc) is 2.28. The van der Waals surface area contributed by atoms with E-state index in [1.165, 1.54) is 37.3 Å². The number of nitrogens with zero attached hydrogens (tertiary/aromatic N) is 1. The summed E-state index contributed by atoms with van der Waals surface area (Å²) in [5.41, 5.74) is 5.37. The van der Waals surface area contributed by atoms with Gasteiger partial charge in [0.1, 0.15) is 0 Å². The fraction of sp³-hybridized carbons (Fsp3) is 0.167. The Morgan fingerprint density at radius 2 is 2.11 bits per heavy atom. The third-order valence-electron chi connectivity index (χ3n) is 2.25. The van der Waals surface area contributed by atoms with E-state index in [4.69, 9.17) is 5.73 Å². The van der Waals surface area contributed by atoms with Gasteiger partial charge in [0.05, 0.1) is 10.5 Å². The molecule has 0 aliphatic rings. The molecule has 0 bridgehead atoms. The molecule has 2 N–H and O–H groups in total. The molecule has 18 heavy (non-hydrogen) atoms. The number of benzene rings is 1. The lowest BCUT2D eigenvalue weighted by molar-refractivity contribution is -0.385. The lowest BCUT2D eigenvalue weighted by Gasteiger charge is -2.00. The monoisotopic (exact) mass is 248 g/mol. The smallest absolute Gasteiger partial charge is 0.277 e. The van der Waals surface area contributed by atoms with Crippen molar-refractivity contribution < 1.29 is 14.5 Å². The Bertz CT molecular complexity index is 535. The van der Waals surface area contributed by atoms with Crippen molar-refractivity contribution in [1.29, 1.82) is 0 Å². The molecule has 0 aliphatic carbocycles. The van der Waals surface area contributed by atoms with E-state index in [0.717, 1.165) is 0 Å². The molecule has 0 aromatic heterocycles. The first-order valence-corrected chi connectivity index (χ1v) is 5.16. The van der Waals surface area contributed by atoms with Crippen LogP contribution >= 0.6 is 0 Å². The molecule has 0 spiro atoms. The highest BCUT2D eigenvalue weighted by atomic mass is 16.6. The van der Waals surface area contributed by atoms with E-state index in [1.807, 2.05) is 0 Å². The molecule has 0 radical (unpaired) electrons. The molecule has 0 atom stereocenters. The summed E-state index contributed by atoms with van der Waals surface area (Å²) >= 11 is 0. The fourth-order valence-electron chi connectivity index (χ4n) is 1.36. The van der Waals surface area contributed by atoms with Crippen molar-refractivity contribution in [3.63, 3.8) is 0 Å². The van der Waals surface area contributed by atoms with Gasteiger partial charge in [0, 0.05) is 18.1 Å². The van der Waals surface area contributed by atoms with Crippen molar-refractivity contribution in [3.8, 4) is 0 Å². The van der Waals surface area contributed by atoms with Gasteiger partial charge < -0.3 is 5.73 Å². The molecule has 0 saturated carbocycles. The minimum absolute atomic E-state index is 0.00557. The van der Waals surface area contributed by atoms with Gasteiger partial charge in [0.15, 0.2) is 5.78 Å². The number of hydrogen-bond acceptors (Lipinski definition) is 4. The summed E-state index contributed by atoms with van der Waals surface area (Å²) in [6.45, 7) is 1.33. The maximum absolute atomic E-state index is 11.1. The van der Waals surface area contributed by atoms with E-state index in [1.54, 1.807) is 0 Å². The zero-order valence-corrected chi connectivity index (χ0v) is 9.75. The number of nitro groups is 1. The van der Waals surface area contributed by atoms with Crippen molar-refractivity contribution in [2.45, 2.75) is 13.3 Å².